The van der Waals surface area contributed by atoms with Crippen molar-refractivity contribution in [3.8, 4) is 0 Å². The molecule has 3 amide bonds. The van der Waals surface area contributed by atoms with Crippen LogP contribution in [-0.2, 0) is 25.7 Å². The van der Waals surface area contributed by atoms with Gasteiger partial charge in [0.2, 0.25) is 11.8 Å². The van der Waals surface area contributed by atoms with Gasteiger partial charge in [0, 0.05) is 30.1 Å². The number of hydrogen-bond acceptors (Lipinski definition) is 5. The minimum atomic E-state index is -1.25. The lowest BCUT2D eigenvalue weighted by molar-refractivity contribution is -0.147. The fraction of sp³-hybridized carbons (Fsp3) is 0.486. The summed E-state index contributed by atoms with van der Waals surface area (Å²) in [5.74, 6) is -2.34. The van der Waals surface area contributed by atoms with Crippen molar-refractivity contribution in [2.75, 3.05) is 24.6 Å². The molecule has 3 heterocycles. The minimum Gasteiger partial charge on any atom is -0.394 e. The molecule has 1 N–H and O–H groups in total. The van der Waals surface area contributed by atoms with Crippen molar-refractivity contribution in [2.45, 2.75) is 75.7 Å². The summed E-state index contributed by atoms with van der Waals surface area (Å²) in [6, 6.07) is 14.0. The van der Waals surface area contributed by atoms with E-state index in [1.165, 1.54) is 0 Å². The van der Waals surface area contributed by atoms with Gasteiger partial charge in [0.25, 0.3) is 5.91 Å². The van der Waals surface area contributed by atoms with Gasteiger partial charge in [0.1, 0.15) is 11.6 Å². The Bertz CT molecular complexity index is 1480. The molecule has 3 aliphatic heterocycles. The van der Waals surface area contributed by atoms with Gasteiger partial charge in [0.15, 0.2) is 0 Å². The number of benzene rings is 2. The number of hydrogen-bond donors (Lipinski definition) is 1. The summed E-state index contributed by atoms with van der Waals surface area (Å²) >= 11 is 3.80. The highest BCUT2D eigenvalue weighted by Crippen LogP contribution is 2.61. The predicted octanol–water partition coefficient (Wildman–Crippen LogP) is 5.19. The van der Waals surface area contributed by atoms with E-state index in [0.29, 0.717) is 25.9 Å². The van der Waals surface area contributed by atoms with Gasteiger partial charge in [-0.3, -0.25) is 14.4 Å². The molecule has 46 heavy (non-hydrogen) atoms. The fourth-order valence-electron chi connectivity index (χ4n) is 7.84. The number of ether oxygens (including phenoxy) is 1. The van der Waals surface area contributed by atoms with Gasteiger partial charge < -0.3 is 24.5 Å². The lowest BCUT2D eigenvalue weighted by Crippen LogP contribution is -2.59. The number of carbonyl (C=O) groups is 3. The summed E-state index contributed by atoms with van der Waals surface area (Å²) in [4.78, 5) is 49.1. The van der Waals surface area contributed by atoms with Crippen LogP contribution in [0.3, 0.4) is 0 Å². The van der Waals surface area contributed by atoms with E-state index in [-0.39, 0.29) is 41.6 Å². The molecule has 9 heteroatoms. The fourth-order valence-corrected chi connectivity index (χ4v) is 8.78. The standard InChI is InChI=1S/C37H46BrN3O5/c1-7-16-39(21-26-12-10-9-11-13-26)34(43)30-31-35(44)41(27(22-42)18-23(3)4)33(37(31)20-28(38)32(30)46-37)36(45)40(17-8-2)29-19-24(5)14-15-25(29)6/h7-15,19,23,27-28,30-33,42H,1-2,16-18,20-22H2,3-6H3/t27-,28?,30+,31+,32+,33?,37?/m1/s1. The van der Waals surface area contributed by atoms with Crippen LogP contribution in [0.1, 0.15) is 43.4 Å². The number of likely N-dealkylation sites (tertiary alicyclic amines) is 1. The monoisotopic (exact) mass is 691 g/mol. The number of alkyl halides is 1. The first-order valence-corrected chi connectivity index (χ1v) is 17.1. The van der Waals surface area contributed by atoms with Gasteiger partial charge in [-0.2, -0.15) is 0 Å². The quantitative estimate of drug-likeness (QED) is 0.231. The van der Waals surface area contributed by atoms with Crippen LogP contribution in [-0.4, -0.2) is 80.9 Å². The van der Waals surface area contributed by atoms with Crippen LogP contribution in [0.4, 0.5) is 5.69 Å². The highest BCUT2D eigenvalue weighted by Gasteiger charge is 2.77. The van der Waals surface area contributed by atoms with Crippen molar-refractivity contribution in [2.24, 2.45) is 17.8 Å². The molecule has 0 radical (unpaired) electrons. The Hall–Kier alpha value is -3.27. The third kappa shape index (κ3) is 5.98. The highest BCUT2D eigenvalue weighted by atomic mass is 79.9. The van der Waals surface area contributed by atoms with Crippen molar-refractivity contribution in [1.29, 1.82) is 0 Å². The van der Waals surface area contributed by atoms with Gasteiger partial charge in [-0.25, -0.2) is 0 Å². The molecule has 246 valence electrons. The Kier molecular flexibility index (Phi) is 10.3. The molecular weight excluding hydrogens is 646 g/mol. The van der Waals surface area contributed by atoms with Gasteiger partial charge in [-0.05, 0) is 55.4 Å². The third-order valence-corrected chi connectivity index (χ3v) is 10.5. The first-order chi connectivity index (χ1) is 22.0. The van der Waals surface area contributed by atoms with Crippen LogP contribution in [0.2, 0.25) is 0 Å². The summed E-state index contributed by atoms with van der Waals surface area (Å²) in [6.07, 6.45) is 3.66. The SMILES string of the molecule is C=CCN(Cc1ccccc1)C(=O)[C@H]1[C@H]2C(=O)N([C@@H](CO)CC(C)C)C(C(=O)N(CC=C)c3cc(C)ccc3C)C23CC(Br)[C@@H]1O3. The molecule has 0 aromatic heterocycles. The summed E-state index contributed by atoms with van der Waals surface area (Å²) in [5.41, 5.74) is 2.36. The van der Waals surface area contributed by atoms with E-state index in [1.54, 1.807) is 26.9 Å². The second-order valence-corrected chi connectivity index (χ2v) is 14.6. The molecule has 8 nitrogen and oxygen atoms in total. The van der Waals surface area contributed by atoms with Crippen LogP contribution >= 0.6 is 15.9 Å². The zero-order chi connectivity index (χ0) is 33.3. The molecule has 5 rings (SSSR count). The zero-order valence-electron chi connectivity index (χ0n) is 27.3. The number of fused-ring (bicyclic) bond motifs is 1. The molecule has 7 atom stereocenters. The number of aliphatic hydroxyl groups is 1. The number of nitrogens with zero attached hydrogens (tertiary/aromatic N) is 3. The van der Waals surface area contributed by atoms with E-state index in [0.717, 1.165) is 22.4 Å². The van der Waals surface area contributed by atoms with Crippen molar-refractivity contribution in [3.63, 3.8) is 0 Å². The Morgan fingerprint density at radius 2 is 1.80 bits per heavy atom. The van der Waals surface area contributed by atoms with Gasteiger partial charge in [-0.15, -0.1) is 13.2 Å². The number of aryl methyl sites for hydroxylation is 2. The molecule has 2 aromatic carbocycles. The smallest absolute Gasteiger partial charge is 0.253 e. The first kappa shape index (κ1) is 34.1. The van der Waals surface area contributed by atoms with Crippen LogP contribution in [0.5, 0.6) is 0 Å². The Morgan fingerprint density at radius 3 is 2.43 bits per heavy atom. The van der Waals surface area contributed by atoms with Crippen molar-refractivity contribution < 1.29 is 24.2 Å². The van der Waals surface area contributed by atoms with E-state index in [2.05, 4.69) is 29.1 Å². The number of carbonyl (C=O) groups excluding carboxylic acids is 3. The van der Waals surface area contributed by atoms with E-state index >= 15 is 4.79 Å². The molecule has 3 unspecified atom stereocenters. The maximum atomic E-state index is 15.0. The molecule has 0 saturated carbocycles. The number of halogens is 1. The lowest BCUT2D eigenvalue weighted by atomic mass is 9.70. The van der Waals surface area contributed by atoms with Gasteiger partial charge in [0.05, 0.1) is 30.6 Å². The van der Waals surface area contributed by atoms with Crippen molar-refractivity contribution >= 4 is 39.3 Å². The average molecular weight is 693 g/mol. The normalized spacial score (nSPS) is 27.1. The largest absolute Gasteiger partial charge is 0.394 e. The average Bonchev–Trinajstić information content (AvgIpc) is 3.62. The lowest BCUT2D eigenvalue weighted by Gasteiger charge is -2.40. The van der Waals surface area contributed by atoms with E-state index in [9.17, 15) is 14.7 Å². The summed E-state index contributed by atoms with van der Waals surface area (Å²) < 4.78 is 6.82. The molecule has 2 aromatic rings. The molecule has 1 spiro atoms. The summed E-state index contributed by atoms with van der Waals surface area (Å²) in [5, 5.41) is 10.7. The van der Waals surface area contributed by atoms with Crippen molar-refractivity contribution in [3.05, 3.63) is 90.5 Å². The Morgan fingerprint density at radius 1 is 1.11 bits per heavy atom. The molecule has 0 aliphatic carbocycles. The van der Waals surface area contributed by atoms with E-state index < -0.39 is 35.6 Å². The van der Waals surface area contributed by atoms with Crippen LogP contribution in [0.25, 0.3) is 0 Å². The maximum absolute atomic E-state index is 15.0. The van der Waals surface area contributed by atoms with E-state index in [4.69, 9.17) is 4.74 Å². The van der Waals surface area contributed by atoms with Crippen LogP contribution in [0, 0.1) is 31.6 Å². The second kappa shape index (κ2) is 13.8. The molecular formula is C37H46BrN3O5. The third-order valence-electron chi connectivity index (χ3n) is 9.70. The molecule has 3 fully saturated rings. The van der Waals surface area contributed by atoms with E-state index in [1.807, 2.05) is 76.2 Å². The second-order valence-electron chi connectivity index (χ2n) is 13.4. The van der Waals surface area contributed by atoms with Gasteiger partial charge >= 0.3 is 0 Å². The van der Waals surface area contributed by atoms with Crippen molar-refractivity contribution in [1.82, 2.24) is 9.80 Å². The molecule has 3 saturated heterocycles. The van der Waals surface area contributed by atoms with Crippen LogP contribution in [0.15, 0.2) is 73.8 Å². The maximum Gasteiger partial charge on any atom is 0.253 e. The van der Waals surface area contributed by atoms with Crippen LogP contribution < -0.4 is 4.90 Å². The highest BCUT2D eigenvalue weighted by molar-refractivity contribution is 9.09. The zero-order valence-corrected chi connectivity index (χ0v) is 28.9. The number of anilines is 1. The number of aliphatic hydroxyl groups excluding tert-OH is 1. The Balaban J connectivity index is 1.62. The molecule has 2 bridgehead atoms. The van der Waals surface area contributed by atoms with Gasteiger partial charge in [-0.1, -0.05) is 84.4 Å². The summed E-state index contributed by atoms with van der Waals surface area (Å²) in [7, 11) is 0. The molecule has 3 aliphatic rings. The minimum absolute atomic E-state index is 0.148. The Labute approximate surface area is 281 Å². The first-order valence-electron chi connectivity index (χ1n) is 16.2. The number of amides is 3. The summed E-state index contributed by atoms with van der Waals surface area (Å²) in [6.45, 7) is 16.4. The number of rotatable bonds is 13. The predicted molar refractivity (Wildman–Crippen MR) is 183 cm³/mol. The topological polar surface area (TPSA) is 90.4 Å².